The molecule has 35 heavy (non-hydrogen) atoms. The maximum Gasteiger partial charge on any atom is 0.0470 e. The van der Waals surface area contributed by atoms with Gasteiger partial charge in [-0.15, -0.1) is 11.8 Å². The fourth-order valence-corrected chi connectivity index (χ4v) is 5.97. The van der Waals surface area contributed by atoms with Crippen molar-refractivity contribution in [3.63, 3.8) is 0 Å². The zero-order valence-corrected chi connectivity index (χ0v) is 24.1. The molecule has 0 aliphatic heterocycles. The summed E-state index contributed by atoms with van der Waals surface area (Å²) < 4.78 is 0.0960. The molecule has 2 aromatic carbocycles. The van der Waals surface area contributed by atoms with Crippen LogP contribution in [0.2, 0.25) is 5.02 Å². The number of hydrogen-bond acceptors (Lipinski definition) is 3. The van der Waals surface area contributed by atoms with Crippen LogP contribution in [0.15, 0.2) is 41.3 Å². The minimum absolute atomic E-state index is 0.0841. The van der Waals surface area contributed by atoms with E-state index in [1.54, 1.807) is 0 Å². The van der Waals surface area contributed by atoms with Gasteiger partial charge in [-0.3, -0.25) is 0 Å². The van der Waals surface area contributed by atoms with E-state index in [1.165, 1.54) is 38.2 Å². The molecule has 3 nitrogen and oxygen atoms in total. The highest BCUT2D eigenvalue weighted by atomic mass is 35.5. The van der Waals surface area contributed by atoms with Gasteiger partial charge in [-0.25, -0.2) is 0 Å². The summed E-state index contributed by atoms with van der Waals surface area (Å²) in [6, 6.07) is 12.9. The molecule has 0 bridgehead atoms. The molecular formula is C30H43ClN2OS. The molecule has 0 atom stereocenters. The Labute approximate surface area is 221 Å². The van der Waals surface area contributed by atoms with Gasteiger partial charge in [-0.1, -0.05) is 78.3 Å². The number of benzene rings is 2. The maximum atomic E-state index is 9.11. The van der Waals surface area contributed by atoms with E-state index < -0.39 is 0 Å². The van der Waals surface area contributed by atoms with E-state index in [9.17, 15) is 0 Å². The number of aliphatic hydroxyl groups excluding tert-OH is 1. The van der Waals surface area contributed by atoms with E-state index >= 15 is 0 Å². The zero-order valence-electron chi connectivity index (χ0n) is 22.5. The Morgan fingerprint density at radius 3 is 2.31 bits per heavy atom. The van der Waals surface area contributed by atoms with Gasteiger partial charge >= 0.3 is 0 Å². The highest BCUT2D eigenvalue weighted by Gasteiger charge is 2.27. The van der Waals surface area contributed by atoms with Gasteiger partial charge in [0.25, 0.3) is 0 Å². The van der Waals surface area contributed by atoms with Crippen LogP contribution in [0.5, 0.6) is 0 Å². The van der Waals surface area contributed by atoms with Crippen LogP contribution in [0.3, 0.4) is 0 Å². The molecule has 3 aromatic rings. The first-order valence-electron chi connectivity index (χ1n) is 12.8. The van der Waals surface area contributed by atoms with Crippen LogP contribution in [-0.2, 0) is 12.8 Å². The minimum atomic E-state index is 0.0841. The molecule has 0 unspecified atom stereocenters. The topological polar surface area (TPSA) is 48.0 Å². The molecule has 0 radical (unpaired) electrons. The van der Waals surface area contributed by atoms with Crippen molar-refractivity contribution in [2.24, 2.45) is 5.41 Å². The third kappa shape index (κ3) is 7.76. The number of aliphatic hydroxyl groups is 1. The lowest BCUT2D eigenvalue weighted by Gasteiger charge is -2.26. The number of aromatic amines is 1. The average Bonchev–Trinajstić information content (AvgIpc) is 3.08. The third-order valence-corrected chi connectivity index (χ3v) is 7.75. The largest absolute Gasteiger partial charge is 0.396 e. The van der Waals surface area contributed by atoms with E-state index in [-0.39, 0.29) is 16.8 Å². The Bertz CT molecular complexity index is 1110. The fourth-order valence-electron chi connectivity index (χ4n) is 4.65. The van der Waals surface area contributed by atoms with Crippen molar-refractivity contribution in [3.8, 4) is 0 Å². The predicted octanol–water partition coefficient (Wildman–Crippen LogP) is 7.97. The molecule has 0 saturated carbocycles. The van der Waals surface area contributed by atoms with Crippen LogP contribution in [0.25, 0.3) is 10.9 Å². The second kappa shape index (κ2) is 11.7. The number of H-pyrrole nitrogens is 1. The predicted molar refractivity (Wildman–Crippen MR) is 154 cm³/mol. The molecule has 3 rings (SSSR count). The van der Waals surface area contributed by atoms with Gasteiger partial charge in [0.1, 0.15) is 0 Å². The van der Waals surface area contributed by atoms with Crippen LogP contribution >= 0.6 is 23.4 Å². The molecule has 3 N–H and O–H groups in total. The highest BCUT2D eigenvalue weighted by molar-refractivity contribution is 8.00. The first kappa shape index (κ1) is 28.1. The van der Waals surface area contributed by atoms with Gasteiger partial charge in [0, 0.05) is 44.4 Å². The number of halogens is 1. The maximum absolute atomic E-state index is 9.11. The lowest BCUT2D eigenvalue weighted by Crippen LogP contribution is -2.32. The van der Waals surface area contributed by atoms with Crippen LogP contribution in [0.4, 0.5) is 0 Å². The average molecular weight is 515 g/mol. The van der Waals surface area contributed by atoms with Crippen molar-refractivity contribution in [1.29, 1.82) is 0 Å². The molecule has 0 spiro atoms. The Balaban J connectivity index is 2.11. The van der Waals surface area contributed by atoms with E-state index in [1.807, 2.05) is 23.9 Å². The summed E-state index contributed by atoms with van der Waals surface area (Å²) in [5, 5.41) is 14.8. The number of nitrogens with one attached hydrogen (secondary N) is 2. The van der Waals surface area contributed by atoms with Gasteiger partial charge in [-0.05, 0) is 72.0 Å². The first-order valence-corrected chi connectivity index (χ1v) is 14.0. The lowest BCUT2D eigenvalue weighted by atomic mass is 9.87. The van der Waals surface area contributed by atoms with Gasteiger partial charge in [-0.2, -0.15) is 0 Å². The summed E-state index contributed by atoms with van der Waals surface area (Å²) in [5.74, 6) is 0.444. The Morgan fingerprint density at radius 2 is 1.71 bits per heavy atom. The number of fused-ring (bicyclic) bond motifs is 1. The van der Waals surface area contributed by atoms with Crippen LogP contribution in [0, 0.1) is 5.41 Å². The highest BCUT2D eigenvalue weighted by Crippen LogP contribution is 2.44. The molecule has 192 valence electrons. The monoisotopic (exact) mass is 514 g/mol. The van der Waals surface area contributed by atoms with Crippen molar-refractivity contribution in [2.45, 2.75) is 83.3 Å². The number of aromatic nitrogens is 1. The van der Waals surface area contributed by atoms with Crippen molar-refractivity contribution >= 4 is 34.3 Å². The van der Waals surface area contributed by atoms with Crippen LogP contribution in [0.1, 0.15) is 83.2 Å². The van der Waals surface area contributed by atoms with E-state index in [4.69, 9.17) is 16.7 Å². The van der Waals surface area contributed by atoms with Crippen LogP contribution < -0.4 is 5.32 Å². The third-order valence-electron chi connectivity index (χ3n) is 6.23. The summed E-state index contributed by atoms with van der Waals surface area (Å²) in [6.07, 6.45) is 2.65. The molecule has 0 aliphatic carbocycles. The molecular weight excluding hydrogens is 472 g/mol. The molecule has 5 heteroatoms. The fraction of sp³-hybridized carbons (Fsp3) is 0.533. The first-order chi connectivity index (χ1) is 16.4. The van der Waals surface area contributed by atoms with Gasteiger partial charge in [0.15, 0.2) is 0 Å². The van der Waals surface area contributed by atoms with Gasteiger partial charge in [0.2, 0.25) is 0 Å². The Kier molecular flexibility index (Phi) is 9.42. The van der Waals surface area contributed by atoms with Crippen molar-refractivity contribution < 1.29 is 5.11 Å². The van der Waals surface area contributed by atoms with Crippen molar-refractivity contribution in [2.75, 3.05) is 19.7 Å². The SMILES string of the molecule is CC(C)c1ccc2[nH]c(CC(C)(C)CNCCCO)c(SC(C)(C)C)c2c1Cc1ccc(Cl)cc1. The van der Waals surface area contributed by atoms with E-state index in [0.717, 1.165) is 37.4 Å². The van der Waals surface area contributed by atoms with Crippen molar-refractivity contribution in [3.05, 3.63) is 63.8 Å². The van der Waals surface area contributed by atoms with E-state index in [0.29, 0.717) is 5.92 Å². The Hall–Kier alpha value is -1.46. The molecule has 1 aromatic heterocycles. The van der Waals surface area contributed by atoms with Crippen molar-refractivity contribution in [1.82, 2.24) is 10.3 Å². The zero-order chi connectivity index (χ0) is 25.8. The molecule has 0 saturated heterocycles. The Morgan fingerprint density at radius 1 is 1.03 bits per heavy atom. The van der Waals surface area contributed by atoms with Crippen LogP contribution in [-0.4, -0.2) is 34.5 Å². The summed E-state index contributed by atoms with van der Waals surface area (Å²) in [7, 11) is 0. The number of rotatable bonds is 11. The second-order valence-electron chi connectivity index (χ2n) is 11.8. The standard InChI is InChI=1S/C30H43ClN2OS/c1-20(2)23-13-14-25-27(24(23)17-21-9-11-22(31)12-10-21)28(35-29(3,4)5)26(33-25)18-30(6,7)19-32-15-8-16-34/h9-14,20,32-34H,8,15-19H2,1-7H3. The summed E-state index contributed by atoms with van der Waals surface area (Å²) in [5.41, 5.74) is 6.76. The summed E-state index contributed by atoms with van der Waals surface area (Å²) in [4.78, 5) is 5.23. The minimum Gasteiger partial charge on any atom is -0.396 e. The quantitative estimate of drug-likeness (QED) is 0.179. The van der Waals surface area contributed by atoms with Gasteiger partial charge < -0.3 is 15.4 Å². The smallest absolute Gasteiger partial charge is 0.0470 e. The molecule has 1 heterocycles. The normalized spacial score (nSPS) is 12.7. The molecule has 0 aliphatic rings. The molecule has 0 fully saturated rings. The van der Waals surface area contributed by atoms with Gasteiger partial charge in [0.05, 0.1) is 0 Å². The number of thioether (sulfide) groups is 1. The second-order valence-corrected chi connectivity index (χ2v) is 14.0. The van der Waals surface area contributed by atoms with E-state index in [2.05, 4.69) is 83.0 Å². The summed E-state index contributed by atoms with van der Waals surface area (Å²) >= 11 is 8.16. The molecule has 0 amide bonds. The summed E-state index contributed by atoms with van der Waals surface area (Å²) in [6.45, 7) is 18.1. The lowest BCUT2D eigenvalue weighted by molar-refractivity contribution is 0.276. The number of hydrogen-bond donors (Lipinski definition) is 3.